The minimum absolute atomic E-state index is 0.0224. The van der Waals surface area contributed by atoms with Crippen LogP contribution in [0.3, 0.4) is 0 Å². The molecule has 1 amide bonds. The van der Waals surface area contributed by atoms with E-state index in [4.69, 9.17) is 9.47 Å². The minimum Gasteiger partial charge on any atom is -0.494 e. The summed E-state index contributed by atoms with van der Waals surface area (Å²) in [5.74, 6) is -4.78. The highest BCUT2D eigenvalue weighted by Crippen LogP contribution is 2.26. The first-order valence-corrected chi connectivity index (χ1v) is 8.58. The number of benzene rings is 2. The summed E-state index contributed by atoms with van der Waals surface area (Å²) in [6.45, 7) is 1.36. The van der Waals surface area contributed by atoms with E-state index >= 15 is 0 Å². The molecule has 0 spiro atoms. The van der Waals surface area contributed by atoms with Crippen molar-refractivity contribution >= 4 is 29.3 Å². The molecule has 0 fully saturated rings. The number of thioether (sulfide) groups is 1. The predicted molar refractivity (Wildman–Crippen MR) is 94.8 cm³/mol. The molecule has 144 valence electrons. The molecule has 0 unspecified atom stereocenters. The number of rotatable bonds is 7. The van der Waals surface area contributed by atoms with Crippen LogP contribution < -0.4 is 10.1 Å². The van der Waals surface area contributed by atoms with Crippen molar-refractivity contribution < 1.29 is 32.2 Å². The molecule has 2 aromatic carbocycles. The summed E-state index contributed by atoms with van der Waals surface area (Å²) < 4.78 is 48.0. The SMILES string of the molecule is COc1ccc(C(=O)O[C@H](C)C(=O)Nc2ccc(SC(F)F)cc2)cc1F. The third kappa shape index (κ3) is 5.92. The number of hydrogen-bond donors (Lipinski definition) is 1. The Morgan fingerprint density at radius 3 is 2.33 bits per heavy atom. The largest absolute Gasteiger partial charge is 0.494 e. The van der Waals surface area contributed by atoms with E-state index in [1.165, 1.54) is 50.4 Å². The first kappa shape index (κ1) is 20.6. The van der Waals surface area contributed by atoms with Gasteiger partial charge in [-0.25, -0.2) is 9.18 Å². The Kier molecular flexibility index (Phi) is 7.12. The lowest BCUT2D eigenvalue weighted by Crippen LogP contribution is -2.30. The standard InChI is InChI=1S/C18H16F3NO4S/c1-10(26-17(24)11-3-8-15(25-2)14(19)9-11)16(23)22-12-4-6-13(7-5-12)27-18(20)21/h3-10,18H,1-2H3,(H,22,23)/t10-/m1/s1. The monoisotopic (exact) mass is 399 g/mol. The van der Waals surface area contributed by atoms with Crippen LogP contribution in [0.5, 0.6) is 5.75 Å². The highest BCUT2D eigenvalue weighted by Gasteiger charge is 2.20. The van der Waals surface area contributed by atoms with Gasteiger partial charge in [0.2, 0.25) is 0 Å². The zero-order valence-corrected chi connectivity index (χ0v) is 15.2. The molecule has 0 heterocycles. The Labute approximate surface area is 157 Å². The number of alkyl halides is 2. The number of hydrogen-bond acceptors (Lipinski definition) is 5. The Bertz CT molecular complexity index is 815. The zero-order valence-electron chi connectivity index (χ0n) is 14.4. The number of anilines is 1. The van der Waals surface area contributed by atoms with Gasteiger partial charge in [0.1, 0.15) is 0 Å². The Morgan fingerprint density at radius 2 is 1.78 bits per heavy atom. The molecule has 1 N–H and O–H groups in total. The molecular weight excluding hydrogens is 383 g/mol. The molecule has 0 saturated heterocycles. The summed E-state index contributed by atoms with van der Waals surface area (Å²) in [4.78, 5) is 24.5. The van der Waals surface area contributed by atoms with Crippen LogP contribution in [0.15, 0.2) is 47.4 Å². The molecule has 0 aliphatic heterocycles. The predicted octanol–water partition coefficient (Wildman–Crippen LogP) is 4.33. The van der Waals surface area contributed by atoms with Gasteiger partial charge in [0, 0.05) is 10.6 Å². The van der Waals surface area contributed by atoms with Crippen LogP contribution in [-0.4, -0.2) is 30.8 Å². The molecule has 5 nitrogen and oxygen atoms in total. The molecule has 0 bridgehead atoms. The second kappa shape index (κ2) is 9.31. The molecule has 0 saturated carbocycles. The molecule has 0 aromatic heterocycles. The summed E-state index contributed by atoms with van der Waals surface area (Å²) >= 11 is 0.387. The number of carbonyl (C=O) groups excluding carboxylic acids is 2. The second-order valence-electron chi connectivity index (χ2n) is 5.29. The highest BCUT2D eigenvalue weighted by atomic mass is 32.2. The number of nitrogens with one attached hydrogen (secondary N) is 1. The Balaban J connectivity index is 1.94. The topological polar surface area (TPSA) is 64.6 Å². The fourth-order valence-electron chi connectivity index (χ4n) is 2.04. The quantitative estimate of drug-likeness (QED) is 0.555. The number of carbonyl (C=O) groups is 2. The lowest BCUT2D eigenvalue weighted by atomic mass is 10.2. The van der Waals surface area contributed by atoms with Crippen molar-refractivity contribution in [1.29, 1.82) is 0 Å². The highest BCUT2D eigenvalue weighted by molar-refractivity contribution is 7.99. The maximum atomic E-state index is 13.6. The van der Waals surface area contributed by atoms with Crippen LogP contribution >= 0.6 is 11.8 Å². The summed E-state index contributed by atoms with van der Waals surface area (Å²) in [6, 6.07) is 9.31. The van der Waals surface area contributed by atoms with Gasteiger partial charge in [0.15, 0.2) is 17.7 Å². The van der Waals surface area contributed by atoms with Crippen LogP contribution in [0.25, 0.3) is 0 Å². The van der Waals surface area contributed by atoms with Gasteiger partial charge in [-0.2, -0.15) is 8.78 Å². The van der Waals surface area contributed by atoms with Crippen molar-refractivity contribution in [2.45, 2.75) is 23.7 Å². The molecule has 27 heavy (non-hydrogen) atoms. The number of amides is 1. The molecule has 2 aromatic rings. The van der Waals surface area contributed by atoms with Gasteiger partial charge >= 0.3 is 5.97 Å². The van der Waals surface area contributed by atoms with Gasteiger partial charge < -0.3 is 14.8 Å². The summed E-state index contributed by atoms with van der Waals surface area (Å²) in [7, 11) is 1.29. The summed E-state index contributed by atoms with van der Waals surface area (Å²) in [5, 5.41) is 2.50. The van der Waals surface area contributed by atoms with E-state index in [0.29, 0.717) is 22.3 Å². The summed E-state index contributed by atoms with van der Waals surface area (Å²) in [5.41, 5.74) is 0.290. The van der Waals surface area contributed by atoms with E-state index in [9.17, 15) is 22.8 Å². The average molecular weight is 399 g/mol. The molecule has 2 rings (SSSR count). The molecule has 0 radical (unpaired) electrons. The summed E-state index contributed by atoms with van der Waals surface area (Å²) in [6.07, 6.45) is -1.15. The van der Waals surface area contributed by atoms with Crippen LogP contribution in [0.2, 0.25) is 0 Å². The Hall–Kier alpha value is -2.68. The molecule has 0 aliphatic rings. The van der Waals surface area contributed by atoms with Crippen molar-refractivity contribution in [1.82, 2.24) is 0 Å². The van der Waals surface area contributed by atoms with Gasteiger partial charge in [0.05, 0.1) is 12.7 Å². The fourth-order valence-corrected chi connectivity index (χ4v) is 2.54. The van der Waals surface area contributed by atoms with Gasteiger partial charge in [0.25, 0.3) is 11.7 Å². The molecule has 1 atom stereocenters. The lowest BCUT2D eigenvalue weighted by Gasteiger charge is -2.14. The van der Waals surface area contributed by atoms with Crippen LogP contribution in [0.4, 0.5) is 18.9 Å². The third-order valence-electron chi connectivity index (χ3n) is 3.39. The van der Waals surface area contributed by atoms with Gasteiger partial charge in [-0.15, -0.1) is 0 Å². The minimum atomic E-state index is -2.53. The smallest absolute Gasteiger partial charge is 0.339 e. The van der Waals surface area contributed by atoms with E-state index in [1.54, 1.807) is 0 Å². The van der Waals surface area contributed by atoms with E-state index in [0.717, 1.165) is 6.07 Å². The van der Waals surface area contributed by atoms with E-state index in [1.807, 2.05) is 0 Å². The molecule has 9 heteroatoms. The van der Waals surface area contributed by atoms with Crippen LogP contribution in [0.1, 0.15) is 17.3 Å². The number of ether oxygens (including phenoxy) is 2. The maximum absolute atomic E-state index is 13.6. The lowest BCUT2D eigenvalue weighted by molar-refractivity contribution is -0.123. The van der Waals surface area contributed by atoms with Crippen molar-refractivity contribution in [2.24, 2.45) is 0 Å². The normalized spacial score (nSPS) is 11.8. The van der Waals surface area contributed by atoms with E-state index in [2.05, 4.69) is 5.32 Å². The van der Waals surface area contributed by atoms with Gasteiger partial charge in [-0.05, 0) is 49.4 Å². The van der Waals surface area contributed by atoms with Crippen molar-refractivity contribution in [2.75, 3.05) is 12.4 Å². The van der Waals surface area contributed by atoms with Crippen LogP contribution in [-0.2, 0) is 9.53 Å². The second-order valence-corrected chi connectivity index (χ2v) is 6.35. The van der Waals surface area contributed by atoms with Gasteiger partial charge in [-0.3, -0.25) is 4.79 Å². The van der Waals surface area contributed by atoms with Crippen molar-refractivity contribution in [3.8, 4) is 5.75 Å². The van der Waals surface area contributed by atoms with Gasteiger partial charge in [-0.1, -0.05) is 11.8 Å². The number of esters is 1. The molecular formula is C18H16F3NO4S. The number of methoxy groups -OCH3 is 1. The van der Waals surface area contributed by atoms with Crippen molar-refractivity contribution in [3.63, 3.8) is 0 Å². The average Bonchev–Trinajstić information content (AvgIpc) is 2.62. The molecule has 0 aliphatic carbocycles. The number of halogens is 3. The Morgan fingerprint density at radius 1 is 1.11 bits per heavy atom. The third-order valence-corrected chi connectivity index (χ3v) is 4.11. The fraction of sp³-hybridized carbons (Fsp3) is 0.222. The van der Waals surface area contributed by atoms with Crippen molar-refractivity contribution in [3.05, 3.63) is 53.8 Å². The first-order chi connectivity index (χ1) is 12.8. The first-order valence-electron chi connectivity index (χ1n) is 7.70. The zero-order chi connectivity index (χ0) is 20.0. The maximum Gasteiger partial charge on any atom is 0.339 e. The van der Waals surface area contributed by atoms with E-state index in [-0.39, 0.29) is 11.3 Å². The van der Waals surface area contributed by atoms with E-state index < -0.39 is 29.6 Å². The van der Waals surface area contributed by atoms with Crippen LogP contribution in [0, 0.1) is 5.82 Å².